The molecule has 8 nitrogen and oxygen atoms in total. The van der Waals surface area contributed by atoms with Crippen molar-refractivity contribution in [2.45, 2.75) is 6.10 Å². The van der Waals surface area contributed by atoms with Gasteiger partial charge in [0.2, 0.25) is 5.78 Å². The molecule has 0 aliphatic heterocycles. The van der Waals surface area contributed by atoms with Crippen LogP contribution in [0.5, 0.6) is 5.75 Å². The first-order chi connectivity index (χ1) is 16.5. The minimum Gasteiger partial charge on any atom is -0.490 e. The van der Waals surface area contributed by atoms with E-state index in [1.54, 1.807) is 60.7 Å². The van der Waals surface area contributed by atoms with E-state index in [0.29, 0.717) is 0 Å². The molecule has 0 aliphatic carbocycles. The summed E-state index contributed by atoms with van der Waals surface area (Å²) in [7, 11) is 0. The van der Waals surface area contributed by atoms with Crippen molar-refractivity contribution in [3.8, 4) is 5.75 Å². The predicted octanol–water partition coefficient (Wildman–Crippen LogP) is 4.97. The fourth-order valence-corrected chi connectivity index (χ4v) is 3.04. The van der Waals surface area contributed by atoms with E-state index in [2.05, 4.69) is 11.8 Å². The molecule has 0 saturated heterocycles. The molecule has 0 fully saturated rings. The summed E-state index contributed by atoms with van der Waals surface area (Å²) in [5.41, 5.74) is 0.507. The molecule has 0 aromatic heterocycles. The van der Waals surface area contributed by atoms with Crippen molar-refractivity contribution < 1.29 is 28.6 Å². The van der Waals surface area contributed by atoms with Gasteiger partial charge in [-0.2, -0.15) is 0 Å². The quantitative estimate of drug-likeness (QED) is 0.131. The predicted molar refractivity (Wildman–Crippen MR) is 124 cm³/mol. The normalized spacial score (nSPS) is 11.1. The van der Waals surface area contributed by atoms with Crippen LogP contribution in [-0.2, 0) is 14.3 Å². The van der Waals surface area contributed by atoms with Crippen LogP contribution in [0.25, 0.3) is 0 Å². The van der Waals surface area contributed by atoms with Gasteiger partial charge in [0.25, 0.3) is 0 Å². The lowest BCUT2D eigenvalue weighted by molar-refractivity contribution is -0.138. The smallest absolute Gasteiger partial charge is 0.339 e. The minimum atomic E-state index is -1.45. The topological polar surface area (TPSA) is 108 Å². The van der Waals surface area contributed by atoms with E-state index in [1.807, 2.05) is 0 Å². The second-order valence-corrected chi connectivity index (χ2v) is 6.91. The molecule has 3 rings (SSSR count). The van der Waals surface area contributed by atoms with Crippen LogP contribution in [0.4, 0.5) is 5.69 Å². The molecule has 172 valence electrons. The molecule has 1 unspecified atom stereocenters. The molecule has 1 atom stereocenters. The van der Waals surface area contributed by atoms with Gasteiger partial charge in [-0.25, -0.2) is 9.59 Å². The molecule has 0 N–H and O–H groups in total. The molecule has 0 heterocycles. The number of esters is 2. The molecule has 8 heteroatoms. The maximum absolute atomic E-state index is 13.3. The van der Waals surface area contributed by atoms with Gasteiger partial charge in [0.05, 0.1) is 5.56 Å². The minimum absolute atomic E-state index is 0.00792. The van der Waals surface area contributed by atoms with E-state index in [-0.39, 0.29) is 41.3 Å². The molecule has 3 aromatic rings. The Morgan fingerprint density at radius 1 is 0.882 bits per heavy atom. The Balaban J connectivity index is 1.92. The van der Waals surface area contributed by atoms with Gasteiger partial charge in [0, 0.05) is 17.2 Å². The fourth-order valence-electron chi connectivity index (χ4n) is 3.04. The van der Waals surface area contributed by atoms with Gasteiger partial charge < -0.3 is 14.2 Å². The molecule has 0 spiro atoms. The summed E-state index contributed by atoms with van der Waals surface area (Å²) in [4.78, 5) is 48.8. The first-order valence-corrected chi connectivity index (χ1v) is 10.3. The number of ether oxygens (including phenoxy) is 3. The van der Waals surface area contributed by atoms with Crippen molar-refractivity contribution in [1.82, 2.24) is 0 Å². The number of carbonyl (C=O) groups excluding carboxylic acids is 3. The van der Waals surface area contributed by atoms with Gasteiger partial charge >= 0.3 is 11.9 Å². The van der Waals surface area contributed by atoms with Crippen LogP contribution < -0.4 is 4.74 Å². The fraction of sp³-hybridized carbons (Fsp3) is 0.115. The third-order valence-corrected chi connectivity index (χ3v) is 4.67. The molecule has 0 bridgehead atoms. The van der Waals surface area contributed by atoms with Gasteiger partial charge in [-0.3, -0.25) is 4.79 Å². The summed E-state index contributed by atoms with van der Waals surface area (Å²) < 4.78 is 16.0. The highest BCUT2D eigenvalue weighted by Gasteiger charge is 2.30. The molecular formula is C26H21NO7. The van der Waals surface area contributed by atoms with E-state index in [9.17, 15) is 19.3 Å². The number of ketones is 1. The van der Waals surface area contributed by atoms with Crippen LogP contribution in [0.2, 0.25) is 0 Å². The number of benzene rings is 3. The van der Waals surface area contributed by atoms with Crippen molar-refractivity contribution in [1.29, 1.82) is 0 Å². The third kappa shape index (κ3) is 6.23. The Bertz CT molecular complexity index is 1180. The van der Waals surface area contributed by atoms with Gasteiger partial charge in [-0.1, -0.05) is 55.1 Å². The number of nitrogens with zero attached hydrogens (tertiary/aromatic N) is 1. The molecule has 3 aromatic carbocycles. The van der Waals surface area contributed by atoms with Crippen LogP contribution in [0.1, 0.15) is 32.4 Å². The van der Waals surface area contributed by atoms with Crippen LogP contribution in [0, 0.1) is 4.91 Å². The highest BCUT2D eigenvalue weighted by atomic mass is 16.6. The summed E-state index contributed by atoms with van der Waals surface area (Å²) in [5, 5.41) is 2.99. The number of hydrogen-bond acceptors (Lipinski definition) is 8. The van der Waals surface area contributed by atoms with E-state index in [4.69, 9.17) is 14.2 Å². The lowest BCUT2D eigenvalue weighted by Crippen LogP contribution is -2.20. The van der Waals surface area contributed by atoms with Crippen molar-refractivity contribution in [3.05, 3.63) is 113 Å². The van der Waals surface area contributed by atoms with E-state index in [0.717, 1.165) is 6.08 Å². The van der Waals surface area contributed by atoms with E-state index >= 15 is 0 Å². The first kappa shape index (κ1) is 24.1. The SMILES string of the molecule is C=CC(=O)OCCOc1ccc(N=O)c(C(OC(=O)c2ccccc2)C(=O)c2ccccc2)c1. The van der Waals surface area contributed by atoms with Crippen LogP contribution >= 0.6 is 0 Å². The van der Waals surface area contributed by atoms with Gasteiger partial charge in [0.1, 0.15) is 24.7 Å². The summed E-state index contributed by atoms with van der Waals surface area (Å²) in [6.45, 7) is 3.28. The van der Waals surface area contributed by atoms with Crippen molar-refractivity contribution in [2.24, 2.45) is 5.18 Å². The molecule has 34 heavy (non-hydrogen) atoms. The number of Topliss-reactive ketones (excluding diaryl/α,β-unsaturated/α-hetero) is 1. The second kappa shape index (κ2) is 11.9. The van der Waals surface area contributed by atoms with Gasteiger partial charge in [0.15, 0.2) is 6.10 Å². The van der Waals surface area contributed by atoms with Gasteiger partial charge in [-0.15, -0.1) is 4.91 Å². The van der Waals surface area contributed by atoms with Gasteiger partial charge in [-0.05, 0) is 35.5 Å². The third-order valence-electron chi connectivity index (χ3n) is 4.67. The molecular weight excluding hydrogens is 438 g/mol. The lowest BCUT2D eigenvalue weighted by atomic mass is 9.98. The molecule has 0 amide bonds. The van der Waals surface area contributed by atoms with Crippen molar-refractivity contribution in [3.63, 3.8) is 0 Å². The Labute approximate surface area is 195 Å². The lowest BCUT2D eigenvalue weighted by Gasteiger charge is -2.19. The van der Waals surface area contributed by atoms with Crippen LogP contribution in [0.3, 0.4) is 0 Å². The number of rotatable bonds is 11. The van der Waals surface area contributed by atoms with Crippen molar-refractivity contribution >= 4 is 23.4 Å². The Hall–Kier alpha value is -4.59. The summed E-state index contributed by atoms with van der Waals surface area (Å²) in [6, 6.07) is 20.6. The highest BCUT2D eigenvalue weighted by molar-refractivity contribution is 6.02. The first-order valence-electron chi connectivity index (χ1n) is 10.3. The largest absolute Gasteiger partial charge is 0.490 e. The highest BCUT2D eigenvalue weighted by Crippen LogP contribution is 2.34. The van der Waals surface area contributed by atoms with Crippen molar-refractivity contribution in [2.75, 3.05) is 13.2 Å². The second-order valence-electron chi connectivity index (χ2n) is 6.91. The Morgan fingerprint density at radius 3 is 2.15 bits per heavy atom. The maximum atomic E-state index is 13.3. The standard InChI is InChI=1S/C26H21NO7/c1-2-23(28)33-16-15-32-20-13-14-22(27-31)21(17-20)25(24(29)18-9-5-3-6-10-18)34-26(30)19-11-7-4-8-12-19/h2-14,17,25H,1,15-16H2. The number of hydrogen-bond donors (Lipinski definition) is 0. The van der Waals surface area contributed by atoms with Crippen LogP contribution in [-0.4, -0.2) is 30.9 Å². The number of nitroso groups, excluding NO2 is 1. The zero-order chi connectivity index (χ0) is 24.3. The van der Waals surface area contributed by atoms with Crippen LogP contribution in [0.15, 0.2) is 96.7 Å². The average Bonchev–Trinajstić information content (AvgIpc) is 2.90. The Morgan fingerprint density at radius 2 is 1.53 bits per heavy atom. The average molecular weight is 459 g/mol. The molecule has 0 saturated carbocycles. The summed E-state index contributed by atoms with van der Waals surface area (Å²) in [6.07, 6.45) is -0.422. The van der Waals surface area contributed by atoms with E-state index in [1.165, 1.54) is 18.2 Å². The molecule has 0 radical (unpaired) electrons. The maximum Gasteiger partial charge on any atom is 0.339 e. The number of carbonyl (C=O) groups is 3. The molecule has 0 aliphatic rings. The van der Waals surface area contributed by atoms with E-state index < -0.39 is 23.8 Å². The zero-order valence-electron chi connectivity index (χ0n) is 18.1. The summed E-state index contributed by atoms with van der Waals surface area (Å²) >= 11 is 0. The monoisotopic (exact) mass is 459 g/mol. The zero-order valence-corrected chi connectivity index (χ0v) is 18.1. The Kier molecular flexibility index (Phi) is 8.40. The summed E-state index contributed by atoms with van der Waals surface area (Å²) in [5.74, 6) is -1.61.